The van der Waals surface area contributed by atoms with Gasteiger partial charge >= 0.3 is 0 Å². The van der Waals surface area contributed by atoms with Gasteiger partial charge in [0.25, 0.3) is 0 Å². The van der Waals surface area contributed by atoms with Gasteiger partial charge in [-0.3, -0.25) is 9.78 Å². The second-order valence-corrected chi connectivity index (χ2v) is 6.24. The maximum Gasteiger partial charge on any atom is 0.227 e. The zero-order valence-corrected chi connectivity index (χ0v) is 13.1. The SMILES string of the molecule is CN(CCc1ccncc1)C(=O)Cc1cc(Br)cs1. The van der Waals surface area contributed by atoms with Crippen molar-refractivity contribution in [2.45, 2.75) is 12.8 Å². The van der Waals surface area contributed by atoms with Crippen LogP contribution >= 0.6 is 27.3 Å². The van der Waals surface area contributed by atoms with Crippen molar-refractivity contribution in [1.82, 2.24) is 9.88 Å². The largest absolute Gasteiger partial charge is 0.345 e. The molecule has 19 heavy (non-hydrogen) atoms. The summed E-state index contributed by atoms with van der Waals surface area (Å²) in [6.07, 6.45) is 4.89. The first-order chi connectivity index (χ1) is 9.15. The van der Waals surface area contributed by atoms with Crippen LogP contribution in [0.15, 0.2) is 40.4 Å². The van der Waals surface area contributed by atoms with Crippen LogP contribution in [0.3, 0.4) is 0 Å². The molecule has 0 fully saturated rings. The zero-order chi connectivity index (χ0) is 13.7. The van der Waals surface area contributed by atoms with E-state index in [0.29, 0.717) is 6.42 Å². The molecule has 0 atom stereocenters. The Hall–Kier alpha value is -1.20. The summed E-state index contributed by atoms with van der Waals surface area (Å²) in [4.78, 5) is 18.9. The van der Waals surface area contributed by atoms with E-state index in [1.807, 2.05) is 30.6 Å². The molecular formula is C14H15BrN2OS. The van der Waals surface area contributed by atoms with E-state index in [-0.39, 0.29) is 5.91 Å². The Bertz CT molecular complexity index is 541. The molecule has 5 heteroatoms. The number of hydrogen-bond acceptors (Lipinski definition) is 3. The van der Waals surface area contributed by atoms with Crippen LogP contribution in [0, 0.1) is 0 Å². The summed E-state index contributed by atoms with van der Waals surface area (Å²) >= 11 is 5.01. The van der Waals surface area contributed by atoms with Gasteiger partial charge < -0.3 is 4.90 Å². The number of pyridine rings is 1. The molecule has 0 spiro atoms. The van der Waals surface area contributed by atoms with Gasteiger partial charge in [0.2, 0.25) is 5.91 Å². The van der Waals surface area contributed by atoms with Crippen LogP contribution in [0.4, 0.5) is 0 Å². The van der Waals surface area contributed by atoms with E-state index >= 15 is 0 Å². The molecule has 2 aromatic rings. The summed E-state index contributed by atoms with van der Waals surface area (Å²) < 4.78 is 1.04. The van der Waals surface area contributed by atoms with Crippen molar-refractivity contribution in [1.29, 1.82) is 0 Å². The second kappa shape index (κ2) is 6.82. The maximum atomic E-state index is 12.0. The van der Waals surface area contributed by atoms with Gasteiger partial charge in [-0.2, -0.15) is 0 Å². The number of thiophene rings is 1. The lowest BCUT2D eigenvalue weighted by molar-refractivity contribution is -0.129. The van der Waals surface area contributed by atoms with Gasteiger partial charge in [-0.1, -0.05) is 0 Å². The van der Waals surface area contributed by atoms with Gasteiger partial charge in [0, 0.05) is 40.7 Å². The smallest absolute Gasteiger partial charge is 0.227 e. The number of rotatable bonds is 5. The van der Waals surface area contributed by atoms with Gasteiger partial charge in [-0.15, -0.1) is 11.3 Å². The monoisotopic (exact) mass is 338 g/mol. The number of hydrogen-bond donors (Lipinski definition) is 0. The third-order valence-electron chi connectivity index (χ3n) is 2.86. The zero-order valence-electron chi connectivity index (χ0n) is 10.7. The fraction of sp³-hybridized carbons (Fsp3) is 0.286. The number of aromatic nitrogens is 1. The first-order valence-corrected chi connectivity index (χ1v) is 7.68. The first-order valence-electron chi connectivity index (χ1n) is 6.01. The molecule has 0 bridgehead atoms. The van der Waals surface area contributed by atoms with Crippen molar-refractivity contribution in [3.05, 3.63) is 50.9 Å². The van der Waals surface area contributed by atoms with E-state index in [9.17, 15) is 4.79 Å². The Balaban J connectivity index is 1.82. The minimum Gasteiger partial charge on any atom is -0.345 e. The molecule has 0 radical (unpaired) electrons. The highest BCUT2D eigenvalue weighted by atomic mass is 79.9. The van der Waals surface area contributed by atoms with Crippen LogP contribution < -0.4 is 0 Å². The van der Waals surface area contributed by atoms with Crippen molar-refractivity contribution in [3.63, 3.8) is 0 Å². The van der Waals surface area contributed by atoms with Gasteiger partial charge in [-0.05, 0) is 46.1 Å². The maximum absolute atomic E-state index is 12.0. The number of halogens is 1. The van der Waals surface area contributed by atoms with Crippen LogP contribution in [0.2, 0.25) is 0 Å². The molecule has 0 saturated heterocycles. The molecule has 2 rings (SSSR count). The summed E-state index contributed by atoms with van der Waals surface area (Å²) in [5, 5.41) is 2.00. The van der Waals surface area contributed by atoms with E-state index in [2.05, 4.69) is 20.9 Å². The van der Waals surface area contributed by atoms with Crippen LogP contribution in [0.25, 0.3) is 0 Å². The number of likely N-dealkylation sites (N-methyl/N-ethyl adjacent to an activating group) is 1. The highest BCUT2D eigenvalue weighted by Crippen LogP contribution is 2.20. The van der Waals surface area contributed by atoms with E-state index in [1.54, 1.807) is 28.6 Å². The minimum atomic E-state index is 0.156. The normalized spacial score (nSPS) is 10.4. The van der Waals surface area contributed by atoms with Crippen molar-refractivity contribution >= 4 is 33.2 Å². The van der Waals surface area contributed by atoms with E-state index in [4.69, 9.17) is 0 Å². The standard InChI is InChI=1S/C14H15BrN2OS/c1-17(7-4-11-2-5-16-6-3-11)14(18)9-13-8-12(15)10-19-13/h2-3,5-6,8,10H,4,7,9H2,1H3. The lowest BCUT2D eigenvalue weighted by Gasteiger charge is -2.16. The number of amides is 1. The van der Waals surface area contributed by atoms with Crippen molar-refractivity contribution in [2.24, 2.45) is 0 Å². The average Bonchev–Trinajstić information content (AvgIpc) is 2.82. The van der Waals surface area contributed by atoms with Gasteiger partial charge in [-0.25, -0.2) is 0 Å². The molecule has 0 saturated carbocycles. The Labute approximate surface area is 125 Å². The lowest BCUT2D eigenvalue weighted by atomic mass is 10.2. The predicted octanol–water partition coefficient (Wildman–Crippen LogP) is 3.15. The summed E-state index contributed by atoms with van der Waals surface area (Å²) in [5.41, 5.74) is 1.20. The second-order valence-electron chi connectivity index (χ2n) is 4.33. The minimum absolute atomic E-state index is 0.156. The molecule has 3 nitrogen and oxygen atoms in total. The summed E-state index contributed by atoms with van der Waals surface area (Å²) in [6, 6.07) is 5.96. The number of nitrogens with zero attached hydrogens (tertiary/aromatic N) is 2. The molecule has 0 aromatic carbocycles. The molecule has 0 unspecified atom stereocenters. The Morgan fingerprint density at radius 3 is 2.79 bits per heavy atom. The molecule has 1 amide bonds. The molecule has 0 aliphatic rings. The first kappa shape index (κ1) is 14.2. The van der Waals surface area contributed by atoms with Gasteiger partial charge in [0.1, 0.15) is 0 Å². The van der Waals surface area contributed by atoms with Crippen molar-refractivity contribution in [3.8, 4) is 0 Å². The Kier molecular flexibility index (Phi) is 5.10. The molecule has 0 aliphatic carbocycles. The fourth-order valence-corrected chi connectivity index (χ4v) is 3.14. The van der Waals surface area contributed by atoms with Crippen LogP contribution in [0.5, 0.6) is 0 Å². The van der Waals surface area contributed by atoms with Crippen molar-refractivity contribution in [2.75, 3.05) is 13.6 Å². The van der Waals surface area contributed by atoms with Gasteiger partial charge in [0.05, 0.1) is 6.42 Å². The number of carbonyl (C=O) groups excluding carboxylic acids is 1. The summed E-state index contributed by atoms with van der Waals surface area (Å²) in [5.74, 6) is 0.156. The highest BCUT2D eigenvalue weighted by molar-refractivity contribution is 9.10. The quantitative estimate of drug-likeness (QED) is 0.838. The van der Waals surface area contributed by atoms with E-state index in [0.717, 1.165) is 22.3 Å². The molecule has 2 heterocycles. The summed E-state index contributed by atoms with van der Waals surface area (Å²) in [7, 11) is 1.85. The van der Waals surface area contributed by atoms with E-state index in [1.165, 1.54) is 5.56 Å². The fourth-order valence-electron chi connectivity index (χ4n) is 1.70. The van der Waals surface area contributed by atoms with Crippen LogP contribution in [-0.2, 0) is 17.6 Å². The Morgan fingerprint density at radius 1 is 1.42 bits per heavy atom. The molecule has 0 aliphatic heterocycles. The Morgan fingerprint density at radius 2 is 2.16 bits per heavy atom. The number of carbonyl (C=O) groups is 1. The van der Waals surface area contributed by atoms with Crippen LogP contribution in [-0.4, -0.2) is 29.4 Å². The molecule has 0 N–H and O–H groups in total. The third-order valence-corrected chi connectivity index (χ3v) is 4.56. The highest BCUT2D eigenvalue weighted by Gasteiger charge is 2.10. The third kappa shape index (κ3) is 4.44. The molecule has 2 aromatic heterocycles. The average molecular weight is 339 g/mol. The molecular weight excluding hydrogens is 324 g/mol. The lowest BCUT2D eigenvalue weighted by Crippen LogP contribution is -2.29. The van der Waals surface area contributed by atoms with Crippen LogP contribution in [0.1, 0.15) is 10.4 Å². The van der Waals surface area contributed by atoms with E-state index < -0.39 is 0 Å². The van der Waals surface area contributed by atoms with Gasteiger partial charge in [0.15, 0.2) is 0 Å². The molecule has 100 valence electrons. The van der Waals surface area contributed by atoms with Crippen molar-refractivity contribution < 1.29 is 4.79 Å². The predicted molar refractivity (Wildman–Crippen MR) is 81.3 cm³/mol. The summed E-state index contributed by atoms with van der Waals surface area (Å²) in [6.45, 7) is 0.732. The topological polar surface area (TPSA) is 33.2 Å².